The van der Waals surface area contributed by atoms with E-state index >= 15 is 0 Å². The maximum absolute atomic E-state index is 12.9. The molecule has 0 N–H and O–H groups in total. The first-order valence-corrected chi connectivity index (χ1v) is 11.9. The summed E-state index contributed by atoms with van der Waals surface area (Å²) in [7, 11) is -3.78. The van der Waals surface area contributed by atoms with Crippen molar-refractivity contribution in [1.29, 1.82) is 0 Å². The highest BCUT2D eigenvalue weighted by molar-refractivity contribution is 7.99. The molecule has 31 heavy (non-hydrogen) atoms. The molecular formula is C19H20N6O4S2. The summed E-state index contributed by atoms with van der Waals surface area (Å²) < 4.78 is 28.7. The van der Waals surface area contributed by atoms with Crippen LogP contribution in [0.5, 0.6) is 0 Å². The molecule has 10 nitrogen and oxygen atoms in total. The zero-order valence-corrected chi connectivity index (χ0v) is 18.3. The van der Waals surface area contributed by atoms with Crippen LogP contribution in [0.3, 0.4) is 0 Å². The number of piperidine rings is 1. The Morgan fingerprint density at radius 1 is 1.10 bits per heavy atom. The van der Waals surface area contributed by atoms with Gasteiger partial charge in [-0.25, -0.2) is 8.42 Å². The van der Waals surface area contributed by atoms with Crippen molar-refractivity contribution in [2.24, 2.45) is 0 Å². The van der Waals surface area contributed by atoms with Crippen LogP contribution >= 0.6 is 11.8 Å². The number of sulfonamides is 1. The minimum absolute atomic E-state index is 0.0797. The van der Waals surface area contributed by atoms with Gasteiger partial charge in [0.05, 0.1) is 20.4 Å². The predicted octanol–water partition coefficient (Wildman–Crippen LogP) is 3.20. The first-order chi connectivity index (χ1) is 14.9. The zero-order chi connectivity index (χ0) is 22.0. The standard InChI is InChI=1S/C19H20N6O4S2/c1-14-7-3-4-8-16(14)24-19(20-21-22-24)30-18-10-9-15(13-17(18)25(26)27)31(28,29)23-11-5-2-6-12-23/h3-4,7-10,13H,2,5-6,11-12H2,1H3. The average Bonchev–Trinajstić information content (AvgIpc) is 3.22. The van der Waals surface area contributed by atoms with Gasteiger partial charge in [-0.3, -0.25) is 10.1 Å². The molecule has 1 aromatic heterocycles. The van der Waals surface area contributed by atoms with Gasteiger partial charge in [0.2, 0.25) is 15.2 Å². The summed E-state index contributed by atoms with van der Waals surface area (Å²) in [6, 6.07) is 11.5. The van der Waals surface area contributed by atoms with E-state index in [9.17, 15) is 18.5 Å². The summed E-state index contributed by atoms with van der Waals surface area (Å²) >= 11 is 1.01. The van der Waals surface area contributed by atoms with E-state index in [4.69, 9.17) is 0 Å². The van der Waals surface area contributed by atoms with Crippen molar-refractivity contribution in [3.8, 4) is 5.69 Å². The fraction of sp³-hybridized carbons (Fsp3) is 0.316. The van der Waals surface area contributed by atoms with Gasteiger partial charge >= 0.3 is 0 Å². The van der Waals surface area contributed by atoms with Crippen LogP contribution in [-0.2, 0) is 10.0 Å². The SMILES string of the molecule is Cc1ccccc1-n1nnnc1Sc1ccc(S(=O)(=O)N2CCCCC2)cc1[N+](=O)[O-]. The smallest absolute Gasteiger partial charge is 0.258 e. The molecule has 0 atom stereocenters. The minimum Gasteiger partial charge on any atom is -0.258 e. The lowest BCUT2D eigenvalue weighted by Crippen LogP contribution is -2.35. The number of nitro benzene ring substituents is 1. The molecule has 12 heteroatoms. The largest absolute Gasteiger partial charge is 0.284 e. The van der Waals surface area contributed by atoms with E-state index in [0.29, 0.717) is 18.2 Å². The molecule has 0 bridgehead atoms. The number of hydrogen-bond acceptors (Lipinski definition) is 8. The molecule has 1 fully saturated rings. The molecule has 2 aromatic carbocycles. The van der Waals surface area contributed by atoms with Gasteiger partial charge in [0, 0.05) is 19.2 Å². The summed E-state index contributed by atoms with van der Waals surface area (Å²) in [5.41, 5.74) is 1.39. The average molecular weight is 461 g/mol. The second kappa shape index (κ2) is 8.73. The third-order valence-corrected chi connectivity index (χ3v) is 7.96. The Balaban J connectivity index is 1.69. The fourth-order valence-corrected chi connectivity index (χ4v) is 5.84. The van der Waals surface area contributed by atoms with Gasteiger partial charge in [0.25, 0.3) is 5.69 Å². The highest BCUT2D eigenvalue weighted by Gasteiger charge is 2.29. The van der Waals surface area contributed by atoms with Crippen molar-refractivity contribution in [1.82, 2.24) is 24.5 Å². The molecular weight excluding hydrogens is 440 g/mol. The Labute approximate surface area is 183 Å². The van der Waals surface area contributed by atoms with E-state index in [1.54, 1.807) is 0 Å². The van der Waals surface area contributed by atoms with Crippen molar-refractivity contribution < 1.29 is 13.3 Å². The summed E-state index contributed by atoms with van der Waals surface area (Å²) in [4.78, 5) is 11.3. The van der Waals surface area contributed by atoms with Crippen LogP contribution in [0.1, 0.15) is 24.8 Å². The number of aryl methyl sites for hydroxylation is 1. The number of nitrogens with zero attached hydrogens (tertiary/aromatic N) is 6. The van der Waals surface area contributed by atoms with E-state index in [-0.39, 0.29) is 15.5 Å². The first-order valence-electron chi connectivity index (χ1n) is 9.69. The van der Waals surface area contributed by atoms with Crippen LogP contribution in [0.2, 0.25) is 0 Å². The molecule has 0 aliphatic carbocycles. The molecule has 1 saturated heterocycles. The van der Waals surface area contributed by atoms with Crippen molar-refractivity contribution >= 4 is 27.5 Å². The first kappa shape index (κ1) is 21.4. The maximum atomic E-state index is 12.9. The minimum atomic E-state index is -3.78. The highest BCUT2D eigenvalue weighted by Crippen LogP contribution is 2.36. The second-order valence-electron chi connectivity index (χ2n) is 7.11. The molecule has 1 aliphatic heterocycles. The molecule has 0 unspecified atom stereocenters. The summed E-state index contributed by atoms with van der Waals surface area (Å²) in [5.74, 6) is 0. The van der Waals surface area contributed by atoms with Crippen LogP contribution in [0.15, 0.2) is 57.4 Å². The number of rotatable bonds is 6. The van der Waals surface area contributed by atoms with Crippen LogP contribution in [0, 0.1) is 17.0 Å². The van der Waals surface area contributed by atoms with Gasteiger partial charge < -0.3 is 0 Å². The molecule has 0 radical (unpaired) electrons. The van der Waals surface area contributed by atoms with Gasteiger partial charge in [0.15, 0.2) is 0 Å². The molecule has 162 valence electrons. The van der Waals surface area contributed by atoms with E-state index in [1.807, 2.05) is 31.2 Å². The van der Waals surface area contributed by atoms with Gasteiger partial charge in [-0.1, -0.05) is 24.6 Å². The van der Waals surface area contributed by atoms with Crippen molar-refractivity contribution in [2.45, 2.75) is 41.1 Å². The van der Waals surface area contributed by atoms with Crippen molar-refractivity contribution in [3.63, 3.8) is 0 Å². The molecule has 0 amide bonds. The van der Waals surface area contributed by atoms with Crippen molar-refractivity contribution in [3.05, 3.63) is 58.1 Å². The van der Waals surface area contributed by atoms with Crippen LogP contribution in [0.25, 0.3) is 5.69 Å². The summed E-state index contributed by atoms with van der Waals surface area (Å²) in [5, 5.41) is 23.8. The molecule has 1 aliphatic rings. The van der Waals surface area contributed by atoms with Crippen molar-refractivity contribution in [2.75, 3.05) is 13.1 Å². The van der Waals surface area contributed by atoms with E-state index in [0.717, 1.165) is 48.3 Å². The Bertz CT molecular complexity index is 1220. The third kappa shape index (κ3) is 4.31. The summed E-state index contributed by atoms with van der Waals surface area (Å²) in [6.07, 6.45) is 2.56. The zero-order valence-electron chi connectivity index (χ0n) is 16.7. The number of tetrazole rings is 1. The fourth-order valence-electron chi connectivity index (χ4n) is 3.43. The monoisotopic (exact) mass is 460 g/mol. The van der Waals surface area contributed by atoms with Crippen LogP contribution in [-0.4, -0.2) is 50.9 Å². The van der Waals surface area contributed by atoms with Gasteiger partial charge in [-0.15, -0.1) is 5.10 Å². The van der Waals surface area contributed by atoms with E-state index in [2.05, 4.69) is 15.5 Å². The maximum Gasteiger partial charge on any atom is 0.284 e. The van der Waals surface area contributed by atoms with Gasteiger partial charge in [-0.05, 0) is 65.7 Å². The number of hydrogen-bond donors (Lipinski definition) is 0. The predicted molar refractivity (Wildman–Crippen MR) is 114 cm³/mol. The Morgan fingerprint density at radius 2 is 1.84 bits per heavy atom. The Morgan fingerprint density at radius 3 is 2.55 bits per heavy atom. The molecule has 0 spiro atoms. The highest BCUT2D eigenvalue weighted by atomic mass is 32.2. The van der Waals surface area contributed by atoms with Gasteiger partial charge in [0.1, 0.15) is 0 Å². The van der Waals surface area contributed by atoms with E-state index < -0.39 is 14.9 Å². The normalized spacial score (nSPS) is 15.1. The second-order valence-corrected chi connectivity index (χ2v) is 10.1. The number of para-hydroxylation sites is 1. The lowest BCUT2D eigenvalue weighted by Gasteiger charge is -2.25. The van der Waals surface area contributed by atoms with Crippen LogP contribution < -0.4 is 0 Å². The van der Waals surface area contributed by atoms with Gasteiger partial charge in [-0.2, -0.15) is 8.99 Å². The topological polar surface area (TPSA) is 124 Å². The lowest BCUT2D eigenvalue weighted by molar-refractivity contribution is -0.388. The Hall–Kier alpha value is -2.83. The Kier molecular flexibility index (Phi) is 6.03. The summed E-state index contributed by atoms with van der Waals surface area (Å²) in [6.45, 7) is 2.77. The third-order valence-electron chi connectivity index (χ3n) is 5.07. The lowest BCUT2D eigenvalue weighted by atomic mass is 10.2. The molecule has 0 saturated carbocycles. The van der Waals surface area contributed by atoms with Crippen LogP contribution in [0.4, 0.5) is 5.69 Å². The number of benzene rings is 2. The number of aromatic nitrogens is 4. The number of nitro groups is 1. The molecule has 2 heterocycles. The van der Waals surface area contributed by atoms with E-state index in [1.165, 1.54) is 21.1 Å². The molecule has 4 rings (SSSR count). The molecule has 3 aromatic rings. The quantitative estimate of drug-likeness (QED) is 0.406.